The molecular formula is C21H19BrN4O3. The SMILES string of the molecule is COc1ccc(C(O)CNc2cc[nH]c(=O)c2-c2nc3ccccc3[nH]2)cc1Br. The number of aromatic nitrogens is 3. The minimum absolute atomic E-state index is 0.218. The van der Waals surface area contributed by atoms with Crippen molar-refractivity contribution in [1.82, 2.24) is 15.0 Å². The zero-order valence-electron chi connectivity index (χ0n) is 15.6. The second kappa shape index (κ2) is 8.10. The fourth-order valence-electron chi connectivity index (χ4n) is 3.15. The summed E-state index contributed by atoms with van der Waals surface area (Å²) in [4.78, 5) is 22.9. The molecule has 2 heterocycles. The van der Waals surface area contributed by atoms with Crippen molar-refractivity contribution in [2.24, 2.45) is 0 Å². The lowest BCUT2D eigenvalue weighted by atomic mass is 10.1. The standard InChI is InChI=1S/C21H19BrN4O3/c1-29-18-7-6-12(10-13(18)22)17(27)11-24-16-8-9-23-21(28)19(16)20-25-14-4-2-3-5-15(14)26-20/h2-10,17,27H,11H2,1H3,(H,25,26)(H2,23,24,28). The number of rotatable bonds is 6. The fraction of sp³-hybridized carbons (Fsp3) is 0.143. The molecule has 1 atom stereocenters. The first-order valence-corrected chi connectivity index (χ1v) is 9.78. The Hall–Kier alpha value is -3.10. The number of methoxy groups -OCH3 is 1. The van der Waals surface area contributed by atoms with Crippen LogP contribution in [-0.2, 0) is 0 Å². The van der Waals surface area contributed by atoms with Crippen LogP contribution in [-0.4, -0.2) is 33.7 Å². The van der Waals surface area contributed by atoms with Crippen LogP contribution in [0.25, 0.3) is 22.4 Å². The van der Waals surface area contributed by atoms with Gasteiger partial charge in [-0.1, -0.05) is 18.2 Å². The van der Waals surface area contributed by atoms with Crippen molar-refractivity contribution in [3.8, 4) is 17.1 Å². The van der Waals surface area contributed by atoms with E-state index in [0.29, 0.717) is 22.8 Å². The van der Waals surface area contributed by atoms with E-state index in [1.165, 1.54) is 0 Å². The topological polar surface area (TPSA) is 103 Å². The molecule has 148 valence electrons. The summed E-state index contributed by atoms with van der Waals surface area (Å²) >= 11 is 3.43. The van der Waals surface area contributed by atoms with Crippen LogP contribution in [0, 0.1) is 0 Å². The number of ether oxygens (including phenoxy) is 1. The Balaban J connectivity index is 1.60. The number of fused-ring (bicyclic) bond motifs is 1. The number of aromatic amines is 2. The second-order valence-electron chi connectivity index (χ2n) is 6.49. The molecule has 0 aliphatic carbocycles. The number of nitrogens with one attached hydrogen (secondary N) is 3. The predicted octanol–water partition coefficient (Wildman–Crippen LogP) is 3.83. The Morgan fingerprint density at radius 1 is 1.24 bits per heavy atom. The molecular weight excluding hydrogens is 436 g/mol. The largest absolute Gasteiger partial charge is 0.496 e. The number of imidazole rings is 1. The molecule has 0 spiro atoms. The highest BCUT2D eigenvalue weighted by Gasteiger charge is 2.16. The van der Waals surface area contributed by atoms with Crippen LogP contribution in [0.2, 0.25) is 0 Å². The number of H-pyrrole nitrogens is 2. The van der Waals surface area contributed by atoms with E-state index in [0.717, 1.165) is 21.1 Å². The van der Waals surface area contributed by atoms with E-state index in [2.05, 4.69) is 36.2 Å². The summed E-state index contributed by atoms with van der Waals surface area (Å²) in [6.45, 7) is 0.218. The zero-order chi connectivity index (χ0) is 20.4. The van der Waals surface area contributed by atoms with Gasteiger partial charge in [-0.2, -0.15) is 0 Å². The first kappa shape index (κ1) is 19.2. The molecule has 4 aromatic rings. The van der Waals surface area contributed by atoms with Gasteiger partial charge >= 0.3 is 0 Å². The molecule has 2 aromatic heterocycles. The van der Waals surface area contributed by atoms with E-state index in [1.54, 1.807) is 31.5 Å². The summed E-state index contributed by atoms with van der Waals surface area (Å²) in [7, 11) is 1.59. The summed E-state index contributed by atoms with van der Waals surface area (Å²) < 4.78 is 5.98. The molecule has 0 radical (unpaired) electrons. The van der Waals surface area contributed by atoms with Gasteiger partial charge in [0.2, 0.25) is 0 Å². The smallest absolute Gasteiger partial charge is 0.261 e. The van der Waals surface area contributed by atoms with Gasteiger partial charge in [-0.05, 0) is 51.8 Å². The molecule has 2 aromatic carbocycles. The van der Waals surface area contributed by atoms with E-state index in [4.69, 9.17) is 4.74 Å². The summed E-state index contributed by atoms with van der Waals surface area (Å²) in [6, 6.07) is 14.7. The highest BCUT2D eigenvalue weighted by molar-refractivity contribution is 9.10. The minimum Gasteiger partial charge on any atom is -0.496 e. The number of nitrogens with zero attached hydrogens (tertiary/aromatic N) is 1. The number of aliphatic hydroxyl groups excluding tert-OH is 1. The maximum Gasteiger partial charge on any atom is 0.261 e. The van der Waals surface area contributed by atoms with Crippen LogP contribution >= 0.6 is 15.9 Å². The Kier molecular flexibility index (Phi) is 5.37. The van der Waals surface area contributed by atoms with Crippen LogP contribution in [0.3, 0.4) is 0 Å². The molecule has 8 heteroatoms. The molecule has 7 nitrogen and oxygen atoms in total. The molecule has 0 bridgehead atoms. The lowest BCUT2D eigenvalue weighted by Crippen LogP contribution is -2.17. The quantitative estimate of drug-likeness (QED) is 0.354. The second-order valence-corrected chi connectivity index (χ2v) is 7.34. The summed E-state index contributed by atoms with van der Waals surface area (Å²) in [6.07, 6.45) is 0.785. The van der Waals surface area contributed by atoms with Crippen molar-refractivity contribution < 1.29 is 9.84 Å². The molecule has 0 fully saturated rings. The van der Waals surface area contributed by atoms with Gasteiger partial charge in [0.05, 0.1) is 34.4 Å². The summed E-state index contributed by atoms with van der Waals surface area (Å²) in [5.74, 6) is 1.16. The van der Waals surface area contributed by atoms with Crippen LogP contribution in [0.5, 0.6) is 5.75 Å². The highest BCUT2D eigenvalue weighted by Crippen LogP contribution is 2.29. The van der Waals surface area contributed by atoms with Crippen molar-refractivity contribution in [1.29, 1.82) is 0 Å². The van der Waals surface area contributed by atoms with E-state index in [1.807, 2.05) is 30.3 Å². The third kappa shape index (κ3) is 3.90. The number of hydrogen-bond donors (Lipinski definition) is 4. The molecule has 0 saturated heterocycles. The van der Waals surface area contributed by atoms with Gasteiger partial charge < -0.3 is 25.1 Å². The zero-order valence-corrected chi connectivity index (χ0v) is 17.2. The summed E-state index contributed by atoms with van der Waals surface area (Å²) in [5, 5.41) is 13.7. The summed E-state index contributed by atoms with van der Waals surface area (Å²) in [5.41, 5.74) is 3.06. The van der Waals surface area contributed by atoms with Crippen LogP contribution in [0.4, 0.5) is 5.69 Å². The van der Waals surface area contributed by atoms with Crippen LogP contribution in [0.1, 0.15) is 11.7 Å². The number of pyridine rings is 1. The Morgan fingerprint density at radius 2 is 2.07 bits per heavy atom. The van der Waals surface area contributed by atoms with Crippen LogP contribution in [0.15, 0.2) is 64.0 Å². The molecule has 0 aliphatic rings. The predicted molar refractivity (Wildman–Crippen MR) is 116 cm³/mol. The van der Waals surface area contributed by atoms with Crippen molar-refractivity contribution in [2.45, 2.75) is 6.10 Å². The molecule has 4 N–H and O–H groups in total. The van der Waals surface area contributed by atoms with E-state index >= 15 is 0 Å². The third-order valence-electron chi connectivity index (χ3n) is 4.63. The van der Waals surface area contributed by atoms with E-state index in [-0.39, 0.29) is 12.1 Å². The van der Waals surface area contributed by atoms with Crippen molar-refractivity contribution in [3.63, 3.8) is 0 Å². The first-order valence-electron chi connectivity index (χ1n) is 8.99. The molecule has 4 rings (SSSR count). The molecule has 0 amide bonds. The number of halogens is 1. The number of benzene rings is 2. The van der Waals surface area contributed by atoms with Crippen molar-refractivity contribution in [3.05, 3.63) is 75.1 Å². The highest BCUT2D eigenvalue weighted by atomic mass is 79.9. The maximum atomic E-state index is 12.5. The van der Waals surface area contributed by atoms with Gasteiger partial charge in [-0.3, -0.25) is 4.79 Å². The van der Waals surface area contributed by atoms with Crippen molar-refractivity contribution >= 4 is 32.7 Å². The van der Waals surface area contributed by atoms with Crippen molar-refractivity contribution in [2.75, 3.05) is 19.0 Å². The maximum absolute atomic E-state index is 12.5. The molecule has 0 aliphatic heterocycles. The van der Waals surface area contributed by atoms with Gasteiger partial charge in [0.15, 0.2) is 0 Å². The number of anilines is 1. The van der Waals surface area contributed by atoms with Gasteiger partial charge in [-0.15, -0.1) is 0 Å². The minimum atomic E-state index is -0.778. The van der Waals surface area contributed by atoms with Gasteiger partial charge in [-0.25, -0.2) is 4.98 Å². The van der Waals surface area contributed by atoms with Crippen LogP contribution < -0.4 is 15.6 Å². The molecule has 0 saturated carbocycles. The average Bonchev–Trinajstić information content (AvgIpc) is 3.15. The van der Waals surface area contributed by atoms with Gasteiger partial charge in [0.25, 0.3) is 5.56 Å². The monoisotopic (exact) mass is 454 g/mol. The Bertz CT molecular complexity index is 1190. The normalized spacial score (nSPS) is 12.1. The van der Waals surface area contributed by atoms with Gasteiger partial charge in [0, 0.05) is 12.7 Å². The number of hydrogen-bond acceptors (Lipinski definition) is 5. The lowest BCUT2D eigenvalue weighted by Gasteiger charge is -2.16. The number of para-hydroxylation sites is 2. The first-order chi connectivity index (χ1) is 14.1. The third-order valence-corrected chi connectivity index (χ3v) is 5.25. The molecule has 1 unspecified atom stereocenters. The Morgan fingerprint density at radius 3 is 2.83 bits per heavy atom. The fourth-order valence-corrected chi connectivity index (χ4v) is 3.70. The van der Waals surface area contributed by atoms with Gasteiger partial charge in [0.1, 0.15) is 17.1 Å². The van der Waals surface area contributed by atoms with E-state index < -0.39 is 6.10 Å². The average molecular weight is 455 g/mol. The van der Waals surface area contributed by atoms with E-state index in [9.17, 15) is 9.90 Å². The lowest BCUT2D eigenvalue weighted by molar-refractivity contribution is 0.191. The number of aliphatic hydroxyl groups is 1. The molecule has 29 heavy (non-hydrogen) atoms. The Labute approximate surface area is 174 Å².